The van der Waals surface area contributed by atoms with E-state index in [0.717, 1.165) is 30.9 Å². The van der Waals surface area contributed by atoms with Gasteiger partial charge in [0.05, 0.1) is 19.3 Å². The number of aromatic nitrogens is 3. The summed E-state index contributed by atoms with van der Waals surface area (Å²) in [7, 11) is 0. The number of hydrogen-bond acceptors (Lipinski definition) is 5. The molecule has 7 heteroatoms. The highest BCUT2D eigenvalue weighted by atomic mass is 16.5. The number of carbonyl (C=O) groups is 1. The highest BCUT2D eigenvalue weighted by Gasteiger charge is 2.10. The number of benzene rings is 1. The lowest BCUT2D eigenvalue weighted by atomic mass is 10.1. The lowest BCUT2D eigenvalue weighted by Gasteiger charge is -2.26. The third-order valence-corrected chi connectivity index (χ3v) is 4.36. The molecule has 1 aromatic heterocycles. The summed E-state index contributed by atoms with van der Waals surface area (Å²) in [5, 5.41) is 16.3. The van der Waals surface area contributed by atoms with Crippen molar-refractivity contribution >= 4 is 5.97 Å². The van der Waals surface area contributed by atoms with Gasteiger partial charge in [0.1, 0.15) is 5.75 Å². The predicted molar refractivity (Wildman–Crippen MR) is 92.9 cm³/mol. The molecular weight excluding hydrogens is 320 g/mol. The van der Waals surface area contributed by atoms with Crippen molar-refractivity contribution in [3.8, 4) is 5.75 Å². The van der Waals surface area contributed by atoms with Crippen LogP contribution in [-0.4, -0.2) is 57.2 Å². The molecular formula is C18H24N4O3. The fourth-order valence-corrected chi connectivity index (χ4v) is 3.01. The van der Waals surface area contributed by atoms with Crippen molar-refractivity contribution in [1.82, 2.24) is 19.9 Å². The number of likely N-dealkylation sites (tertiary alicyclic amines) is 1. The van der Waals surface area contributed by atoms with E-state index >= 15 is 0 Å². The van der Waals surface area contributed by atoms with Gasteiger partial charge >= 0.3 is 5.97 Å². The lowest BCUT2D eigenvalue weighted by molar-refractivity contribution is 0.0690. The molecule has 0 radical (unpaired) electrons. The Labute approximate surface area is 147 Å². The molecule has 0 saturated carbocycles. The molecule has 1 aliphatic rings. The number of hydrogen-bond donors (Lipinski definition) is 1. The Bertz CT molecular complexity index is 678. The second kappa shape index (κ2) is 8.62. The highest BCUT2D eigenvalue weighted by Crippen LogP contribution is 2.14. The summed E-state index contributed by atoms with van der Waals surface area (Å²) >= 11 is 0. The second-order valence-electron chi connectivity index (χ2n) is 6.35. The third kappa shape index (κ3) is 5.29. The van der Waals surface area contributed by atoms with E-state index in [9.17, 15) is 4.79 Å². The van der Waals surface area contributed by atoms with Gasteiger partial charge in [0.2, 0.25) is 0 Å². The average Bonchev–Trinajstić information content (AvgIpc) is 3.10. The van der Waals surface area contributed by atoms with Gasteiger partial charge in [-0.1, -0.05) is 23.8 Å². The van der Waals surface area contributed by atoms with E-state index in [1.54, 1.807) is 0 Å². The molecule has 1 fully saturated rings. The minimum Gasteiger partial charge on any atom is -0.494 e. The summed E-state index contributed by atoms with van der Waals surface area (Å²) in [6.07, 6.45) is 6.47. The Kier molecular flexibility index (Phi) is 6.00. The summed E-state index contributed by atoms with van der Waals surface area (Å²) in [6, 6.07) is 7.79. The van der Waals surface area contributed by atoms with Gasteiger partial charge in [-0.05, 0) is 50.0 Å². The summed E-state index contributed by atoms with van der Waals surface area (Å²) in [4.78, 5) is 13.3. The number of carboxylic acids is 1. The van der Waals surface area contributed by atoms with Crippen LogP contribution in [0.25, 0.3) is 0 Å². The fourth-order valence-electron chi connectivity index (χ4n) is 3.01. The molecule has 0 unspecified atom stereocenters. The molecule has 0 atom stereocenters. The normalized spacial score (nSPS) is 15.2. The maximum absolute atomic E-state index is 10.8. The topological polar surface area (TPSA) is 80.5 Å². The average molecular weight is 344 g/mol. The van der Waals surface area contributed by atoms with E-state index in [2.05, 4.69) is 15.2 Å². The van der Waals surface area contributed by atoms with Gasteiger partial charge in [0, 0.05) is 6.54 Å². The maximum atomic E-state index is 10.8. The Morgan fingerprint density at radius 3 is 2.60 bits per heavy atom. The van der Waals surface area contributed by atoms with Crippen LogP contribution >= 0.6 is 0 Å². The van der Waals surface area contributed by atoms with Crippen molar-refractivity contribution < 1.29 is 14.6 Å². The number of carboxylic acid groups (broad SMARTS) is 1. The van der Waals surface area contributed by atoms with Crippen LogP contribution in [0.1, 0.15) is 41.7 Å². The molecule has 134 valence electrons. The van der Waals surface area contributed by atoms with Crippen LogP contribution in [0.5, 0.6) is 5.75 Å². The van der Waals surface area contributed by atoms with E-state index < -0.39 is 5.97 Å². The molecule has 1 N–H and O–H groups in total. The summed E-state index contributed by atoms with van der Waals surface area (Å²) < 4.78 is 7.31. The number of rotatable bonds is 8. The van der Waals surface area contributed by atoms with Crippen LogP contribution in [0.15, 0.2) is 30.5 Å². The van der Waals surface area contributed by atoms with Crippen LogP contribution in [-0.2, 0) is 6.54 Å². The smallest absolute Gasteiger partial charge is 0.358 e. The number of piperidine rings is 1. The first kappa shape index (κ1) is 17.4. The predicted octanol–water partition coefficient (Wildman–Crippen LogP) is 2.28. The molecule has 0 aliphatic carbocycles. The molecule has 1 aromatic carbocycles. The van der Waals surface area contributed by atoms with Crippen LogP contribution in [0.4, 0.5) is 0 Å². The van der Waals surface area contributed by atoms with Gasteiger partial charge in [0.15, 0.2) is 5.69 Å². The van der Waals surface area contributed by atoms with E-state index in [1.807, 2.05) is 24.3 Å². The summed E-state index contributed by atoms with van der Waals surface area (Å²) in [5.41, 5.74) is 0.969. The summed E-state index contributed by atoms with van der Waals surface area (Å²) in [5.74, 6) is -0.216. The van der Waals surface area contributed by atoms with Crippen molar-refractivity contribution in [1.29, 1.82) is 0 Å². The minimum atomic E-state index is -1.07. The van der Waals surface area contributed by atoms with Crippen LogP contribution in [0.2, 0.25) is 0 Å². The number of ether oxygens (including phenoxy) is 1. The Hall–Kier alpha value is -2.41. The van der Waals surface area contributed by atoms with Crippen molar-refractivity contribution in [2.24, 2.45) is 0 Å². The van der Waals surface area contributed by atoms with Gasteiger partial charge in [-0.15, -0.1) is 5.10 Å². The number of aromatic carboxylic acids is 1. The molecule has 0 bridgehead atoms. The van der Waals surface area contributed by atoms with E-state index in [-0.39, 0.29) is 5.69 Å². The fraction of sp³-hybridized carbons (Fsp3) is 0.500. The van der Waals surface area contributed by atoms with Crippen molar-refractivity contribution in [2.75, 3.05) is 26.2 Å². The standard InChI is InChI=1S/C18H24N4O3/c23-18(24)17-14-22(20-19-17)13-15-5-7-16(8-6-15)25-12-4-11-21-9-2-1-3-10-21/h5-8,14H,1-4,9-13H2,(H,23,24). The van der Waals surface area contributed by atoms with Gasteiger partial charge in [0.25, 0.3) is 0 Å². The van der Waals surface area contributed by atoms with Crippen molar-refractivity contribution in [2.45, 2.75) is 32.2 Å². The van der Waals surface area contributed by atoms with Crippen LogP contribution < -0.4 is 4.74 Å². The van der Waals surface area contributed by atoms with Crippen LogP contribution in [0, 0.1) is 0 Å². The van der Waals surface area contributed by atoms with Crippen molar-refractivity contribution in [3.05, 3.63) is 41.7 Å². The monoisotopic (exact) mass is 344 g/mol. The SMILES string of the molecule is O=C(O)c1cn(Cc2ccc(OCCCN3CCCCC3)cc2)nn1. The van der Waals surface area contributed by atoms with Gasteiger partial charge in [-0.2, -0.15) is 0 Å². The van der Waals surface area contributed by atoms with Gasteiger partial charge in [-0.25, -0.2) is 9.48 Å². The molecule has 1 saturated heterocycles. The third-order valence-electron chi connectivity index (χ3n) is 4.36. The Morgan fingerprint density at radius 2 is 1.92 bits per heavy atom. The summed E-state index contributed by atoms with van der Waals surface area (Å²) in [6.45, 7) is 4.76. The van der Waals surface area contributed by atoms with Crippen LogP contribution in [0.3, 0.4) is 0 Å². The maximum Gasteiger partial charge on any atom is 0.358 e. The Balaban J connectivity index is 1.41. The second-order valence-corrected chi connectivity index (χ2v) is 6.35. The molecule has 0 spiro atoms. The zero-order valence-electron chi connectivity index (χ0n) is 14.3. The molecule has 7 nitrogen and oxygen atoms in total. The van der Waals surface area contributed by atoms with E-state index in [1.165, 1.54) is 43.2 Å². The molecule has 2 heterocycles. The largest absolute Gasteiger partial charge is 0.494 e. The zero-order valence-corrected chi connectivity index (χ0v) is 14.3. The Morgan fingerprint density at radius 1 is 1.16 bits per heavy atom. The molecule has 3 rings (SSSR count). The first-order valence-corrected chi connectivity index (χ1v) is 8.78. The first-order valence-electron chi connectivity index (χ1n) is 8.78. The molecule has 25 heavy (non-hydrogen) atoms. The lowest BCUT2D eigenvalue weighted by Crippen LogP contribution is -2.31. The highest BCUT2D eigenvalue weighted by molar-refractivity contribution is 5.84. The quantitative estimate of drug-likeness (QED) is 0.740. The van der Waals surface area contributed by atoms with E-state index in [0.29, 0.717) is 6.54 Å². The molecule has 2 aromatic rings. The molecule has 1 aliphatic heterocycles. The van der Waals surface area contributed by atoms with E-state index in [4.69, 9.17) is 9.84 Å². The first-order chi connectivity index (χ1) is 12.2. The van der Waals surface area contributed by atoms with Gasteiger partial charge < -0.3 is 14.7 Å². The molecule has 0 amide bonds. The zero-order chi connectivity index (χ0) is 17.5. The minimum absolute atomic E-state index is 0.0475. The van der Waals surface area contributed by atoms with Gasteiger partial charge in [-0.3, -0.25) is 0 Å². The number of nitrogens with zero attached hydrogens (tertiary/aromatic N) is 4. The van der Waals surface area contributed by atoms with Crippen molar-refractivity contribution in [3.63, 3.8) is 0 Å².